The summed E-state index contributed by atoms with van der Waals surface area (Å²) in [6.07, 6.45) is 2.94. The molecule has 1 amide bonds. The van der Waals surface area contributed by atoms with Crippen molar-refractivity contribution in [2.45, 2.75) is 13.8 Å². The fraction of sp³-hybridized carbons (Fsp3) is 0.250. The smallest absolute Gasteiger partial charge is 0.330 e. The van der Waals surface area contributed by atoms with E-state index in [1.165, 1.54) is 20.1 Å². The summed E-state index contributed by atoms with van der Waals surface area (Å²) < 4.78 is 4.49. The molecule has 1 N–H and O–H groups in total. The van der Waals surface area contributed by atoms with Crippen molar-refractivity contribution in [2.24, 2.45) is 0 Å². The van der Waals surface area contributed by atoms with E-state index in [1.54, 1.807) is 25.1 Å². The first-order valence-corrected chi connectivity index (χ1v) is 5.04. The van der Waals surface area contributed by atoms with Crippen LogP contribution < -0.4 is 5.32 Å². The highest BCUT2D eigenvalue weighted by atomic mass is 16.5. The zero-order chi connectivity index (χ0) is 12.8. The van der Waals surface area contributed by atoms with E-state index in [0.717, 1.165) is 11.3 Å². The minimum Gasteiger partial charge on any atom is -0.466 e. The Morgan fingerprint density at radius 3 is 2.65 bits per heavy atom. The van der Waals surface area contributed by atoms with Crippen molar-refractivity contribution in [1.82, 2.24) is 4.98 Å². The summed E-state index contributed by atoms with van der Waals surface area (Å²) in [6.45, 7) is 3.21. The first-order chi connectivity index (χ1) is 8.02. The summed E-state index contributed by atoms with van der Waals surface area (Å²) in [5.74, 6) is -0.102. The molecule has 1 heterocycles. The molecule has 1 aromatic rings. The highest BCUT2D eigenvalue weighted by Crippen LogP contribution is 2.12. The van der Waals surface area contributed by atoms with Crippen LogP contribution >= 0.6 is 0 Å². The lowest BCUT2D eigenvalue weighted by Crippen LogP contribution is -2.08. The number of methoxy groups -OCH3 is 1. The van der Waals surface area contributed by atoms with Gasteiger partial charge >= 0.3 is 5.97 Å². The lowest BCUT2D eigenvalue weighted by Gasteiger charge is -2.04. The van der Waals surface area contributed by atoms with Crippen molar-refractivity contribution < 1.29 is 14.3 Å². The SMILES string of the molecule is COC(=O)C=Cc1ccc(NC(C)=O)nc1C. The summed E-state index contributed by atoms with van der Waals surface area (Å²) in [6, 6.07) is 3.44. The Balaban J connectivity index is 2.86. The number of esters is 1. The molecule has 0 fully saturated rings. The van der Waals surface area contributed by atoms with E-state index in [9.17, 15) is 9.59 Å². The predicted octanol–water partition coefficient (Wildman–Crippen LogP) is 1.53. The Kier molecular flexibility index (Phi) is 4.39. The van der Waals surface area contributed by atoms with Crippen LogP contribution in [-0.2, 0) is 14.3 Å². The Morgan fingerprint density at radius 2 is 2.12 bits per heavy atom. The molecule has 0 aliphatic rings. The van der Waals surface area contributed by atoms with Crippen LogP contribution in [0.2, 0.25) is 0 Å². The zero-order valence-corrected chi connectivity index (χ0v) is 9.98. The van der Waals surface area contributed by atoms with E-state index < -0.39 is 5.97 Å². The minimum absolute atomic E-state index is 0.172. The lowest BCUT2D eigenvalue weighted by molar-refractivity contribution is -0.134. The minimum atomic E-state index is -0.421. The van der Waals surface area contributed by atoms with E-state index in [4.69, 9.17) is 0 Å². The van der Waals surface area contributed by atoms with Gasteiger partial charge in [0.15, 0.2) is 0 Å². The van der Waals surface area contributed by atoms with E-state index in [2.05, 4.69) is 15.0 Å². The first-order valence-electron chi connectivity index (χ1n) is 5.04. The standard InChI is InChI=1S/C12H14N2O3/c1-8-10(5-7-12(16)17-3)4-6-11(13-8)14-9(2)15/h4-7H,1-3H3,(H,13,14,15). The molecule has 5 nitrogen and oxygen atoms in total. The molecule has 0 radical (unpaired) electrons. The van der Waals surface area contributed by atoms with Crippen LogP contribution in [0.4, 0.5) is 5.82 Å². The number of hydrogen-bond donors (Lipinski definition) is 1. The van der Waals surface area contributed by atoms with Gasteiger partial charge in [-0.2, -0.15) is 0 Å². The molecule has 0 saturated heterocycles. The molecule has 0 atom stereocenters. The number of aryl methyl sites for hydroxylation is 1. The lowest BCUT2D eigenvalue weighted by atomic mass is 10.2. The number of hydrogen-bond acceptors (Lipinski definition) is 4. The number of rotatable bonds is 3. The number of pyridine rings is 1. The van der Waals surface area contributed by atoms with Crippen molar-refractivity contribution in [3.8, 4) is 0 Å². The molecule has 0 aliphatic carbocycles. The number of nitrogens with one attached hydrogen (secondary N) is 1. The summed E-state index contributed by atoms with van der Waals surface area (Å²) in [5, 5.41) is 2.58. The number of ether oxygens (including phenoxy) is 1. The first kappa shape index (κ1) is 12.9. The van der Waals surface area contributed by atoms with Gasteiger partial charge in [-0.25, -0.2) is 9.78 Å². The third-order valence-corrected chi connectivity index (χ3v) is 2.03. The summed E-state index contributed by atoms with van der Waals surface area (Å²) in [7, 11) is 1.32. The number of carbonyl (C=O) groups excluding carboxylic acids is 2. The second-order valence-electron chi connectivity index (χ2n) is 3.41. The second-order valence-corrected chi connectivity index (χ2v) is 3.41. The van der Waals surface area contributed by atoms with Crippen molar-refractivity contribution in [3.05, 3.63) is 29.5 Å². The third kappa shape index (κ3) is 4.06. The molecular formula is C12H14N2O3. The van der Waals surface area contributed by atoms with Gasteiger partial charge in [0.25, 0.3) is 0 Å². The largest absolute Gasteiger partial charge is 0.466 e. The van der Waals surface area contributed by atoms with Crippen molar-refractivity contribution in [2.75, 3.05) is 12.4 Å². The van der Waals surface area contributed by atoms with Gasteiger partial charge in [-0.1, -0.05) is 0 Å². The zero-order valence-electron chi connectivity index (χ0n) is 9.98. The summed E-state index contributed by atoms with van der Waals surface area (Å²) in [5.41, 5.74) is 1.51. The van der Waals surface area contributed by atoms with Crippen molar-refractivity contribution >= 4 is 23.8 Å². The Bertz CT molecular complexity index is 467. The molecule has 0 bridgehead atoms. The Labute approximate surface area is 99.5 Å². The van der Waals surface area contributed by atoms with Gasteiger partial charge in [0, 0.05) is 18.7 Å². The predicted molar refractivity (Wildman–Crippen MR) is 64.3 cm³/mol. The van der Waals surface area contributed by atoms with Crippen LogP contribution in [0.5, 0.6) is 0 Å². The van der Waals surface area contributed by atoms with E-state index in [1.807, 2.05) is 0 Å². The topological polar surface area (TPSA) is 68.3 Å². The molecule has 5 heteroatoms. The second kappa shape index (κ2) is 5.79. The van der Waals surface area contributed by atoms with Gasteiger partial charge in [0.1, 0.15) is 5.82 Å². The van der Waals surface area contributed by atoms with Crippen LogP contribution in [0, 0.1) is 6.92 Å². The molecule has 0 aliphatic heterocycles. The molecule has 1 aromatic heterocycles. The maximum Gasteiger partial charge on any atom is 0.330 e. The number of aromatic nitrogens is 1. The van der Waals surface area contributed by atoms with Crippen LogP contribution in [0.1, 0.15) is 18.2 Å². The fourth-order valence-electron chi connectivity index (χ4n) is 1.22. The van der Waals surface area contributed by atoms with Gasteiger partial charge in [0.05, 0.1) is 7.11 Å². The quantitative estimate of drug-likeness (QED) is 0.636. The van der Waals surface area contributed by atoms with Gasteiger partial charge in [0.2, 0.25) is 5.91 Å². The van der Waals surface area contributed by atoms with Crippen molar-refractivity contribution in [1.29, 1.82) is 0 Å². The number of anilines is 1. The highest BCUT2D eigenvalue weighted by Gasteiger charge is 2.01. The summed E-state index contributed by atoms with van der Waals surface area (Å²) >= 11 is 0. The molecule has 90 valence electrons. The molecule has 0 saturated carbocycles. The normalized spacial score (nSPS) is 10.3. The molecule has 0 unspecified atom stereocenters. The highest BCUT2D eigenvalue weighted by molar-refractivity contribution is 5.88. The van der Waals surface area contributed by atoms with Gasteiger partial charge < -0.3 is 10.1 Å². The van der Waals surface area contributed by atoms with Crippen molar-refractivity contribution in [3.63, 3.8) is 0 Å². The van der Waals surface area contributed by atoms with E-state index >= 15 is 0 Å². The van der Waals surface area contributed by atoms with Crippen LogP contribution in [-0.4, -0.2) is 24.0 Å². The molecule has 17 heavy (non-hydrogen) atoms. The average molecular weight is 234 g/mol. The van der Waals surface area contributed by atoms with Gasteiger partial charge in [-0.3, -0.25) is 4.79 Å². The van der Waals surface area contributed by atoms with Crippen LogP contribution in [0.3, 0.4) is 0 Å². The molecule has 0 aromatic carbocycles. The average Bonchev–Trinajstić information content (AvgIpc) is 2.26. The fourth-order valence-corrected chi connectivity index (χ4v) is 1.22. The van der Waals surface area contributed by atoms with E-state index in [0.29, 0.717) is 5.82 Å². The summed E-state index contributed by atoms with van der Waals surface area (Å²) in [4.78, 5) is 25.9. The Hall–Kier alpha value is -2.17. The number of carbonyl (C=O) groups is 2. The molecule has 0 spiro atoms. The van der Waals surface area contributed by atoms with Crippen LogP contribution in [0.15, 0.2) is 18.2 Å². The monoisotopic (exact) mass is 234 g/mol. The molecule has 1 rings (SSSR count). The van der Waals surface area contributed by atoms with Gasteiger partial charge in [-0.15, -0.1) is 0 Å². The Morgan fingerprint density at radius 1 is 1.41 bits per heavy atom. The molecular weight excluding hydrogens is 220 g/mol. The third-order valence-electron chi connectivity index (χ3n) is 2.03. The maximum atomic E-state index is 10.9. The maximum absolute atomic E-state index is 10.9. The number of nitrogens with zero attached hydrogens (tertiary/aromatic N) is 1. The van der Waals surface area contributed by atoms with Gasteiger partial charge in [-0.05, 0) is 30.7 Å². The number of amides is 1. The van der Waals surface area contributed by atoms with E-state index in [-0.39, 0.29) is 5.91 Å². The van der Waals surface area contributed by atoms with Crippen LogP contribution in [0.25, 0.3) is 6.08 Å².